The lowest BCUT2D eigenvalue weighted by atomic mass is 10.1. The Morgan fingerprint density at radius 2 is 2.25 bits per heavy atom. The molecular formula is C13H17ClFN. The molecule has 0 saturated heterocycles. The monoisotopic (exact) mass is 241 g/mol. The summed E-state index contributed by atoms with van der Waals surface area (Å²) in [6, 6.07) is 6.73. The third-order valence-electron chi connectivity index (χ3n) is 3.13. The fourth-order valence-corrected chi connectivity index (χ4v) is 2.64. The molecule has 0 aliphatic heterocycles. The second-order valence-electron chi connectivity index (χ2n) is 4.54. The van der Waals surface area contributed by atoms with Gasteiger partial charge in [0.25, 0.3) is 0 Å². The molecule has 0 amide bonds. The van der Waals surface area contributed by atoms with Crippen LogP contribution < -0.4 is 5.32 Å². The molecule has 1 aromatic carbocycles. The molecule has 16 heavy (non-hydrogen) atoms. The van der Waals surface area contributed by atoms with Crippen LogP contribution in [-0.2, 0) is 6.54 Å². The van der Waals surface area contributed by atoms with Gasteiger partial charge in [0.05, 0.1) is 0 Å². The Morgan fingerprint density at radius 3 is 2.94 bits per heavy atom. The molecule has 0 aromatic heterocycles. The summed E-state index contributed by atoms with van der Waals surface area (Å²) in [4.78, 5) is 0. The lowest BCUT2D eigenvalue weighted by Gasteiger charge is -2.10. The van der Waals surface area contributed by atoms with E-state index >= 15 is 0 Å². The first-order chi connectivity index (χ1) is 7.74. The average molecular weight is 242 g/mol. The van der Waals surface area contributed by atoms with Gasteiger partial charge in [0, 0.05) is 11.9 Å². The van der Waals surface area contributed by atoms with Crippen LogP contribution in [-0.4, -0.2) is 11.9 Å². The van der Waals surface area contributed by atoms with Gasteiger partial charge in [-0.25, -0.2) is 4.39 Å². The van der Waals surface area contributed by atoms with Crippen LogP contribution in [0.15, 0.2) is 24.3 Å². The molecule has 1 aliphatic carbocycles. The second-order valence-corrected chi connectivity index (χ2v) is 5.15. The summed E-state index contributed by atoms with van der Waals surface area (Å²) in [5, 5.41) is 3.73. The summed E-state index contributed by atoms with van der Waals surface area (Å²) < 4.78 is 12.9. The van der Waals surface area contributed by atoms with E-state index in [0.29, 0.717) is 11.3 Å². The Morgan fingerprint density at radius 1 is 1.38 bits per heavy atom. The third kappa shape index (κ3) is 3.46. The Labute approximate surface area is 101 Å². The van der Waals surface area contributed by atoms with Gasteiger partial charge in [0.2, 0.25) is 0 Å². The zero-order valence-electron chi connectivity index (χ0n) is 9.26. The molecule has 2 rings (SSSR count). The molecule has 0 spiro atoms. The minimum absolute atomic E-state index is 0.166. The van der Waals surface area contributed by atoms with Gasteiger partial charge in [-0.2, -0.15) is 0 Å². The van der Waals surface area contributed by atoms with E-state index in [9.17, 15) is 4.39 Å². The van der Waals surface area contributed by atoms with E-state index in [2.05, 4.69) is 5.32 Å². The lowest BCUT2D eigenvalue weighted by Crippen LogP contribution is -2.21. The number of hydrogen-bond acceptors (Lipinski definition) is 1. The van der Waals surface area contributed by atoms with Crippen molar-refractivity contribution in [2.45, 2.75) is 31.2 Å². The van der Waals surface area contributed by atoms with Gasteiger partial charge in [0.1, 0.15) is 5.82 Å². The number of nitrogens with one attached hydrogen (secondary N) is 1. The first-order valence-corrected chi connectivity index (χ1v) is 6.27. The van der Waals surface area contributed by atoms with Crippen molar-refractivity contribution in [3.8, 4) is 0 Å². The quantitative estimate of drug-likeness (QED) is 0.798. The summed E-state index contributed by atoms with van der Waals surface area (Å²) in [5.41, 5.74) is 1.00. The minimum Gasteiger partial charge on any atom is -0.312 e. The van der Waals surface area contributed by atoms with E-state index < -0.39 is 0 Å². The lowest BCUT2D eigenvalue weighted by molar-refractivity contribution is 0.489. The van der Waals surface area contributed by atoms with Crippen LogP contribution in [0, 0.1) is 11.7 Å². The molecule has 0 heterocycles. The summed E-state index contributed by atoms with van der Waals surface area (Å²) in [5.74, 6) is 0.525. The summed E-state index contributed by atoms with van der Waals surface area (Å²) in [6.45, 7) is 1.72. The normalized spacial score (nSPS) is 24.9. The highest BCUT2D eigenvalue weighted by Crippen LogP contribution is 2.28. The molecule has 3 heteroatoms. The topological polar surface area (TPSA) is 12.0 Å². The van der Waals surface area contributed by atoms with Crippen molar-refractivity contribution in [1.29, 1.82) is 0 Å². The van der Waals surface area contributed by atoms with Crippen LogP contribution >= 0.6 is 11.6 Å². The predicted octanol–water partition coefficient (Wildman–Crippen LogP) is 3.32. The maximum absolute atomic E-state index is 12.9. The van der Waals surface area contributed by atoms with Crippen LogP contribution in [0.1, 0.15) is 24.8 Å². The van der Waals surface area contributed by atoms with Crippen LogP contribution in [0.25, 0.3) is 0 Å². The Kier molecular flexibility index (Phi) is 4.19. The molecule has 1 N–H and O–H groups in total. The van der Waals surface area contributed by atoms with E-state index in [1.54, 1.807) is 12.1 Å². The molecule has 1 aromatic rings. The summed E-state index contributed by atoms with van der Waals surface area (Å²) >= 11 is 6.05. The minimum atomic E-state index is -0.166. The van der Waals surface area contributed by atoms with Crippen molar-refractivity contribution < 1.29 is 4.39 Å². The van der Waals surface area contributed by atoms with Crippen LogP contribution in [0.5, 0.6) is 0 Å². The largest absolute Gasteiger partial charge is 0.312 e. The van der Waals surface area contributed by atoms with E-state index in [4.69, 9.17) is 11.6 Å². The number of halogens is 2. The number of benzene rings is 1. The van der Waals surface area contributed by atoms with Crippen molar-refractivity contribution in [3.05, 3.63) is 35.6 Å². The Hall–Kier alpha value is -0.600. The smallest absolute Gasteiger partial charge is 0.123 e. The fraction of sp³-hybridized carbons (Fsp3) is 0.538. The fourth-order valence-electron chi connectivity index (χ4n) is 2.27. The van der Waals surface area contributed by atoms with Gasteiger partial charge in [-0.05, 0) is 49.4 Å². The van der Waals surface area contributed by atoms with Crippen molar-refractivity contribution >= 4 is 11.6 Å². The van der Waals surface area contributed by atoms with Crippen molar-refractivity contribution in [1.82, 2.24) is 5.32 Å². The zero-order chi connectivity index (χ0) is 11.4. The molecule has 1 aliphatic rings. The molecule has 88 valence electrons. The van der Waals surface area contributed by atoms with Gasteiger partial charge in [-0.15, -0.1) is 11.6 Å². The highest BCUT2D eigenvalue weighted by Gasteiger charge is 2.22. The molecule has 2 unspecified atom stereocenters. The average Bonchev–Trinajstić information content (AvgIpc) is 2.64. The first-order valence-electron chi connectivity index (χ1n) is 5.83. The second kappa shape index (κ2) is 5.65. The van der Waals surface area contributed by atoms with Crippen LogP contribution in [0.3, 0.4) is 0 Å². The predicted molar refractivity (Wildman–Crippen MR) is 65.1 cm³/mol. The van der Waals surface area contributed by atoms with Gasteiger partial charge >= 0.3 is 0 Å². The molecule has 1 saturated carbocycles. The molecular weight excluding hydrogens is 225 g/mol. The maximum Gasteiger partial charge on any atom is 0.123 e. The summed E-state index contributed by atoms with van der Waals surface area (Å²) in [7, 11) is 0. The zero-order valence-corrected chi connectivity index (χ0v) is 10.0. The molecule has 1 nitrogen and oxygen atoms in total. The standard InChI is InChI=1S/C13H17ClFN/c14-12-5-4-11(6-12)9-16-8-10-2-1-3-13(15)7-10/h1-3,7,11-12,16H,4-6,8-9H2. The van der Waals surface area contributed by atoms with Crippen molar-refractivity contribution in [2.75, 3.05) is 6.54 Å². The molecule has 0 radical (unpaired) electrons. The number of rotatable bonds is 4. The highest BCUT2D eigenvalue weighted by molar-refractivity contribution is 6.20. The van der Waals surface area contributed by atoms with E-state index in [-0.39, 0.29) is 5.82 Å². The molecule has 0 bridgehead atoms. The van der Waals surface area contributed by atoms with Crippen molar-refractivity contribution in [3.63, 3.8) is 0 Å². The third-order valence-corrected chi connectivity index (χ3v) is 3.52. The van der Waals surface area contributed by atoms with E-state index in [1.807, 2.05) is 6.07 Å². The highest BCUT2D eigenvalue weighted by atomic mass is 35.5. The summed E-state index contributed by atoms with van der Waals surface area (Å²) in [6.07, 6.45) is 3.45. The van der Waals surface area contributed by atoms with Gasteiger partial charge in [0.15, 0.2) is 0 Å². The Bertz CT molecular complexity index is 342. The number of hydrogen-bond donors (Lipinski definition) is 1. The van der Waals surface area contributed by atoms with Crippen LogP contribution in [0.2, 0.25) is 0 Å². The van der Waals surface area contributed by atoms with Gasteiger partial charge < -0.3 is 5.32 Å². The Balaban J connectivity index is 1.72. The molecule has 1 fully saturated rings. The van der Waals surface area contributed by atoms with Crippen molar-refractivity contribution in [2.24, 2.45) is 5.92 Å². The van der Waals surface area contributed by atoms with Gasteiger partial charge in [-0.1, -0.05) is 12.1 Å². The number of alkyl halides is 1. The molecule has 2 atom stereocenters. The maximum atomic E-state index is 12.9. The van der Waals surface area contributed by atoms with E-state index in [0.717, 1.165) is 31.5 Å². The van der Waals surface area contributed by atoms with E-state index in [1.165, 1.54) is 12.5 Å². The van der Waals surface area contributed by atoms with Gasteiger partial charge in [-0.3, -0.25) is 0 Å². The van der Waals surface area contributed by atoms with Crippen LogP contribution in [0.4, 0.5) is 4.39 Å². The first kappa shape index (κ1) is 11.9. The SMILES string of the molecule is Fc1cccc(CNCC2CCC(Cl)C2)c1.